The van der Waals surface area contributed by atoms with Crippen molar-refractivity contribution in [3.63, 3.8) is 0 Å². The second-order valence-electron chi connectivity index (χ2n) is 7.77. The highest BCUT2D eigenvalue weighted by Crippen LogP contribution is 2.33. The summed E-state index contributed by atoms with van der Waals surface area (Å²) >= 11 is 0. The molecule has 0 aromatic carbocycles. The summed E-state index contributed by atoms with van der Waals surface area (Å²) in [5.41, 5.74) is 9.36. The van der Waals surface area contributed by atoms with E-state index in [1.807, 2.05) is 0 Å². The van der Waals surface area contributed by atoms with Crippen molar-refractivity contribution in [1.82, 2.24) is 19.4 Å². The Balaban J connectivity index is 1.32. The largest absolute Gasteiger partial charge is 0.399 e. The number of hydrogen-bond donors (Lipinski definition) is 4. The highest BCUT2D eigenvalue weighted by Gasteiger charge is 2.33. The first-order chi connectivity index (χ1) is 18.2. The number of aromatic nitrogens is 4. The van der Waals surface area contributed by atoms with Gasteiger partial charge in [-0.3, -0.25) is 13.6 Å². The van der Waals surface area contributed by atoms with Gasteiger partial charge in [0, 0.05) is 12.1 Å². The number of aliphatic hydroxyl groups is 2. The van der Waals surface area contributed by atoms with Crippen LogP contribution in [0.4, 0.5) is 11.6 Å². The molecule has 2 aromatic heterocycles. The van der Waals surface area contributed by atoms with Gasteiger partial charge in [0.05, 0.1) is 25.6 Å². The summed E-state index contributed by atoms with van der Waals surface area (Å²) in [4.78, 5) is 41.7. The zero-order valence-electron chi connectivity index (χ0n) is 19.5. The molecule has 6 atom stereocenters. The minimum atomic E-state index is -3.23. The Hall–Kier alpha value is -3.57. The van der Waals surface area contributed by atoms with Gasteiger partial charge in [0.15, 0.2) is 24.8 Å². The summed E-state index contributed by atoms with van der Waals surface area (Å²) in [7, 11) is -3.23. The average molecular weight is 556 g/mol. The SMILES string of the molecule is Nc1ccn(O[C@H]2C=C[C@@H](O[PH](=O)O[C@@H]3C=C[C@H](On4ccc(N)nc4=O)[C@H](CO)O3)O[C@H]2CO)c(=O)n1. The third kappa shape index (κ3) is 6.84. The monoisotopic (exact) mass is 556 g/mol. The van der Waals surface area contributed by atoms with Crippen molar-refractivity contribution in [1.29, 1.82) is 0 Å². The molecule has 206 valence electrons. The molecule has 0 unspecified atom stereocenters. The Kier molecular flexibility index (Phi) is 8.90. The minimum Gasteiger partial charge on any atom is -0.399 e. The summed E-state index contributed by atoms with van der Waals surface area (Å²) < 4.78 is 35.7. The molecular formula is C20H25N6O11P. The van der Waals surface area contributed by atoms with Crippen LogP contribution in [0.25, 0.3) is 0 Å². The van der Waals surface area contributed by atoms with E-state index in [0.717, 1.165) is 9.46 Å². The Morgan fingerprint density at radius 1 is 0.816 bits per heavy atom. The maximum Gasteiger partial charge on any atom is 0.382 e. The second kappa shape index (κ2) is 12.3. The van der Waals surface area contributed by atoms with E-state index < -0.39 is 69.8 Å². The van der Waals surface area contributed by atoms with E-state index in [1.54, 1.807) is 0 Å². The Morgan fingerprint density at radius 2 is 1.24 bits per heavy atom. The molecule has 0 fully saturated rings. The van der Waals surface area contributed by atoms with Crippen LogP contribution in [-0.4, -0.2) is 79.9 Å². The van der Waals surface area contributed by atoms with Gasteiger partial charge in [-0.15, -0.1) is 9.46 Å². The van der Waals surface area contributed by atoms with Crippen molar-refractivity contribution in [3.8, 4) is 0 Å². The van der Waals surface area contributed by atoms with Crippen molar-refractivity contribution in [2.75, 3.05) is 24.7 Å². The smallest absolute Gasteiger partial charge is 0.382 e. The van der Waals surface area contributed by atoms with Crippen LogP contribution in [0.5, 0.6) is 0 Å². The minimum absolute atomic E-state index is 0.0160. The molecule has 0 radical (unpaired) electrons. The van der Waals surface area contributed by atoms with Crippen LogP contribution in [0.15, 0.2) is 58.4 Å². The summed E-state index contributed by atoms with van der Waals surface area (Å²) in [6.07, 6.45) is 2.00. The highest BCUT2D eigenvalue weighted by molar-refractivity contribution is 7.33. The molecule has 0 spiro atoms. The van der Waals surface area contributed by atoms with Crippen LogP contribution in [0.2, 0.25) is 0 Å². The third-order valence-electron chi connectivity index (χ3n) is 5.11. The van der Waals surface area contributed by atoms with Crippen molar-refractivity contribution in [2.24, 2.45) is 0 Å². The lowest BCUT2D eigenvalue weighted by molar-refractivity contribution is -0.173. The molecule has 4 heterocycles. The average Bonchev–Trinajstić information content (AvgIpc) is 2.88. The van der Waals surface area contributed by atoms with Crippen molar-refractivity contribution in [3.05, 3.63) is 69.8 Å². The number of aliphatic hydroxyl groups excluding tert-OH is 2. The van der Waals surface area contributed by atoms with Crippen LogP contribution in [0.1, 0.15) is 0 Å². The number of nitrogen functional groups attached to an aromatic ring is 2. The van der Waals surface area contributed by atoms with Gasteiger partial charge in [-0.05, 0) is 24.3 Å². The second-order valence-corrected chi connectivity index (χ2v) is 8.74. The topological polar surface area (TPSA) is 235 Å². The fourth-order valence-corrected chi connectivity index (χ4v) is 4.03. The standard InChI is InChI=1S/C20H25N6O11P/c21-15-5-7-25(19(29)23-15)34-11-1-3-17(32-13(11)9-27)36-38(31)37-18-4-2-12(14(10-28)33-18)35-26-8-6-16(22)24-20(26)30/h1-8,11-14,17-18,27-28,38H,9-10H2,(H2,21,23,29)(H2,22,24,30)/t11-,12-,13-,14-,17+,18+/m0/s1. The lowest BCUT2D eigenvalue weighted by atomic mass is 10.1. The first kappa shape index (κ1) is 27.5. The Labute approximate surface area is 214 Å². The maximum atomic E-state index is 12.5. The number of rotatable bonds is 10. The van der Waals surface area contributed by atoms with Crippen molar-refractivity contribution in [2.45, 2.75) is 37.0 Å². The highest BCUT2D eigenvalue weighted by atomic mass is 31.1. The van der Waals surface area contributed by atoms with Crippen LogP contribution in [0.3, 0.4) is 0 Å². The van der Waals surface area contributed by atoms with E-state index >= 15 is 0 Å². The lowest BCUT2D eigenvalue weighted by Gasteiger charge is -2.32. The van der Waals surface area contributed by atoms with E-state index in [2.05, 4.69) is 9.97 Å². The number of hydrogen-bond acceptors (Lipinski definition) is 15. The molecule has 0 bridgehead atoms. The lowest BCUT2D eigenvalue weighted by Crippen LogP contribution is -2.46. The molecule has 2 aliphatic rings. The molecule has 0 amide bonds. The molecule has 17 nitrogen and oxygen atoms in total. The molecule has 0 saturated carbocycles. The first-order valence-corrected chi connectivity index (χ1v) is 12.3. The van der Waals surface area contributed by atoms with Gasteiger partial charge in [-0.25, -0.2) is 9.59 Å². The molecule has 38 heavy (non-hydrogen) atoms. The number of nitrogens with two attached hydrogens (primary N) is 2. The number of ether oxygens (including phenoxy) is 2. The fraction of sp³-hybridized carbons (Fsp3) is 0.400. The number of nitrogens with zero attached hydrogens (tertiary/aromatic N) is 4. The van der Waals surface area contributed by atoms with Crippen LogP contribution >= 0.6 is 8.25 Å². The summed E-state index contributed by atoms with van der Waals surface area (Å²) in [5, 5.41) is 19.3. The van der Waals surface area contributed by atoms with E-state index in [9.17, 15) is 24.4 Å². The van der Waals surface area contributed by atoms with Gasteiger partial charge in [0.1, 0.15) is 23.8 Å². The van der Waals surface area contributed by atoms with Gasteiger partial charge in [-0.2, -0.15) is 9.97 Å². The van der Waals surface area contributed by atoms with Crippen LogP contribution in [0, 0.1) is 0 Å². The van der Waals surface area contributed by atoms with Gasteiger partial charge in [-0.1, -0.05) is 0 Å². The molecule has 2 aliphatic heterocycles. The van der Waals surface area contributed by atoms with Gasteiger partial charge in [0.25, 0.3) is 0 Å². The summed E-state index contributed by atoms with van der Waals surface area (Å²) in [5.74, 6) is 0.0321. The molecule has 6 N–H and O–H groups in total. The number of anilines is 2. The zero-order valence-corrected chi connectivity index (χ0v) is 20.5. The van der Waals surface area contributed by atoms with E-state index in [4.69, 9.17) is 39.7 Å². The van der Waals surface area contributed by atoms with E-state index in [0.29, 0.717) is 0 Å². The first-order valence-electron chi connectivity index (χ1n) is 11.1. The summed E-state index contributed by atoms with van der Waals surface area (Å²) in [6.45, 7) is -1.04. The van der Waals surface area contributed by atoms with Crippen molar-refractivity contribution >= 4 is 19.9 Å². The fourth-order valence-electron chi connectivity index (χ4n) is 3.32. The van der Waals surface area contributed by atoms with Gasteiger partial charge < -0.3 is 40.8 Å². The Bertz CT molecular complexity index is 1220. The molecule has 4 rings (SSSR count). The molecule has 0 saturated heterocycles. The quantitative estimate of drug-likeness (QED) is 0.171. The predicted octanol–water partition coefficient (Wildman–Crippen LogP) is -2.77. The normalized spacial score (nSPS) is 26.9. The molecular weight excluding hydrogens is 531 g/mol. The van der Waals surface area contributed by atoms with E-state index in [-0.39, 0.29) is 11.6 Å². The Morgan fingerprint density at radius 3 is 1.61 bits per heavy atom. The maximum absolute atomic E-state index is 12.5. The van der Waals surface area contributed by atoms with Crippen molar-refractivity contribution < 1.29 is 43.0 Å². The van der Waals surface area contributed by atoms with Gasteiger partial charge >= 0.3 is 19.6 Å². The zero-order chi connectivity index (χ0) is 27.2. The van der Waals surface area contributed by atoms with E-state index in [1.165, 1.54) is 48.8 Å². The molecule has 18 heteroatoms. The molecule has 2 aromatic rings. The summed E-state index contributed by atoms with van der Waals surface area (Å²) in [6, 6.07) is 2.70. The van der Waals surface area contributed by atoms with Crippen LogP contribution < -0.4 is 32.5 Å². The molecule has 0 aliphatic carbocycles. The van der Waals surface area contributed by atoms with Gasteiger partial charge in [0.2, 0.25) is 0 Å². The predicted molar refractivity (Wildman–Crippen MR) is 127 cm³/mol. The third-order valence-corrected chi connectivity index (χ3v) is 5.96. The van der Waals surface area contributed by atoms with Crippen LogP contribution in [-0.2, 0) is 23.1 Å².